The zero-order chi connectivity index (χ0) is 19.5. The molecule has 0 bridgehead atoms. The molecule has 5 rings (SSSR count). The summed E-state index contributed by atoms with van der Waals surface area (Å²) < 4.78 is 14.9. The number of H-pyrrole nitrogens is 1. The number of nitrogens with zero attached hydrogens (tertiary/aromatic N) is 2. The maximum atomic E-state index is 13.5. The van der Waals surface area contributed by atoms with Crippen LogP contribution in [0, 0.1) is 5.82 Å². The molecule has 140 valence electrons. The van der Waals surface area contributed by atoms with Crippen molar-refractivity contribution in [3.63, 3.8) is 0 Å². The Morgan fingerprint density at radius 2 is 2.00 bits per heavy atom. The van der Waals surface area contributed by atoms with Crippen molar-refractivity contribution in [2.75, 3.05) is 0 Å². The van der Waals surface area contributed by atoms with E-state index in [1.165, 1.54) is 22.8 Å². The van der Waals surface area contributed by atoms with Crippen LogP contribution in [0.3, 0.4) is 0 Å². The van der Waals surface area contributed by atoms with E-state index in [0.29, 0.717) is 21.8 Å². The van der Waals surface area contributed by atoms with Crippen LogP contribution in [0.5, 0.6) is 5.88 Å². The number of para-hydroxylation sites is 2. The molecule has 1 aliphatic rings. The van der Waals surface area contributed by atoms with Crippen molar-refractivity contribution in [1.82, 2.24) is 25.2 Å². The van der Waals surface area contributed by atoms with Crippen molar-refractivity contribution in [2.24, 2.45) is 0 Å². The van der Waals surface area contributed by atoms with Gasteiger partial charge < -0.3 is 20.0 Å². The molecule has 28 heavy (non-hydrogen) atoms. The van der Waals surface area contributed by atoms with Crippen molar-refractivity contribution in [2.45, 2.75) is 12.1 Å². The molecule has 0 spiro atoms. The zero-order valence-electron chi connectivity index (χ0n) is 14.4. The number of carbonyl (C=O) groups is 2. The van der Waals surface area contributed by atoms with Crippen LogP contribution in [-0.4, -0.2) is 31.6 Å². The molecule has 4 N–H and O–H groups in total. The smallest absolute Gasteiger partial charge is 0.322 e. The molecule has 0 radical (unpaired) electrons. The molecule has 1 saturated heterocycles. The predicted molar refractivity (Wildman–Crippen MR) is 98.0 cm³/mol. The maximum Gasteiger partial charge on any atom is 0.322 e. The molecule has 2 aromatic heterocycles. The molecule has 1 fully saturated rings. The Hall–Kier alpha value is -3.88. The normalized spacial score (nSPS) is 19.3. The average molecular weight is 379 g/mol. The molecular weight excluding hydrogens is 365 g/mol. The molecule has 1 atom stereocenters. The lowest BCUT2D eigenvalue weighted by Crippen LogP contribution is -2.48. The van der Waals surface area contributed by atoms with Gasteiger partial charge in [0.25, 0.3) is 5.91 Å². The second-order valence-corrected chi connectivity index (χ2v) is 6.73. The highest BCUT2D eigenvalue weighted by Gasteiger charge is 2.51. The molecule has 9 heteroatoms. The number of nitrogens with one attached hydrogen (secondary N) is 3. The summed E-state index contributed by atoms with van der Waals surface area (Å²) in [6.45, 7) is -0.132. The number of hydrogen-bond acceptors (Lipinski definition) is 4. The van der Waals surface area contributed by atoms with Crippen molar-refractivity contribution >= 4 is 33.7 Å². The van der Waals surface area contributed by atoms with E-state index in [-0.39, 0.29) is 18.2 Å². The first-order valence-electron chi connectivity index (χ1n) is 8.52. The monoisotopic (exact) mass is 379 g/mol. The Morgan fingerprint density at radius 1 is 1.18 bits per heavy atom. The van der Waals surface area contributed by atoms with E-state index in [0.717, 1.165) is 0 Å². The highest BCUT2D eigenvalue weighted by molar-refractivity contribution is 6.07. The number of hydrogen-bond donors (Lipinski definition) is 4. The van der Waals surface area contributed by atoms with Gasteiger partial charge in [0.05, 0.1) is 17.6 Å². The van der Waals surface area contributed by atoms with Crippen LogP contribution >= 0.6 is 0 Å². The van der Waals surface area contributed by atoms with Gasteiger partial charge in [-0.15, -0.1) is 0 Å². The zero-order valence-corrected chi connectivity index (χ0v) is 14.4. The predicted octanol–water partition coefficient (Wildman–Crippen LogP) is 2.10. The van der Waals surface area contributed by atoms with Crippen LogP contribution in [0.15, 0.2) is 48.7 Å². The van der Waals surface area contributed by atoms with Gasteiger partial charge in [-0.2, -0.15) is 0 Å². The van der Waals surface area contributed by atoms with Crippen LogP contribution in [-0.2, 0) is 16.9 Å². The fourth-order valence-electron chi connectivity index (χ4n) is 3.59. The van der Waals surface area contributed by atoms with E-state index >= 15 is 0 Å². The number of aromatic nitrogens is 3. The number of halogens is 1. The molecule has 8 nitrogen and oxygen atoms in total. The summed E-state index contributed by atoms with van der Waals surface area (Å²) in [6, 6.07) is 10.6. The van der Waals surface area contributed by atoms with Crippen LogP contribution in [0.1, 0.15) is 5.82 Å². The van der Waals surface area contributed by atoms with Crippen molar-refractivity contribution in [3.8, 4) is 5.88 Å². The number of urea groups is 1. The molecule has 1 aliphatic heterocycles. The third-order valence-electron chi connectivity index (χ3n) is 4.97. The van der Waals surface area contributed by atoms with Gasteiger partial charge in [-0.3, -0.25) is 10.1 Å². The van der Waals surface area contributed by atoms with E-state index < -0.39 is 23.3 Å². The van der Waals surface area contributed by atoms with E-state index in [2.05, 4.69) is 20.6 Å². The van der Waals surface area contributed by atoms with Crippen LogP contribution in [0.25, 0.3) is 21.8 Å². The van der Waals surface area contributed by atoms with Crippen LogP contribution < -0.4 is 10.6 Å². The topological polar surface area (TPSA) is 112 Å². The van der Waals surface area contributed by atoms with Gasteiger partial charge >= 0.3 is 6.03 Å². The highest BCUT2D eigenvalue weighted by atomic mass is 19.1. The van der Waals surface area contributed by atoms with Crippen molar-refractivity contribution < 1.29 is 19.1 Å². The number of fused-ring (bicyclic) bond motifs is 2. The van der Waals surface area contributed by atoms with Gasteiger partial charge in [-0.1, -0.05) is 12.1 Å². The maximum absolute atomic E-state index is 13.5. The molecule has 2 aromatic carbocycles. The molecule has 0 saturated carbocycles. The number of aromatic amines is 1. The van der Waals surface area contributed by atoms with Crippen molar-refractivity contribution in [3.05, 3.63) is 60.3 Å². The van der Waals surface area contributed by atoms with Crippen molar-refractivity contribution in [1.29, 1.82) is 0 Å². The van der Waals surface area contributed by atoms with Gasteiger partial charge in [0.2, 0.25) is 0 Å². The summed E-state index contributed by atoms with van der Waals surface area (Å²) in [7, 11) is 0. The number of imide groups is 1. The third kappa shape index (κ3) is 2.26. The van der Waals surface area contributed by atoms with E-state index in [4.69, 9.17) is 0 Å². The molecule has 0 aliphatic carbocycles. The quantitative estimate of drug-likeness (QED) is 0.408. The fourth-order valence-corrected chi connectivity index (χ4v) is 3.59. The lowest BCUT2D eigenvalue weighted by molar-refractivity contribution is -0.125. The average Bonchev–Trinajstić information content (AvgIpc) is 3.31. The number of carbonyl (C=O) groups excluding carboxylic acids is 2. The minimum absolute atomic E-state index is 0.132. The minimum Gasteiger partial charge on any atom is -0.494 e. The number of aromatic hydroxyl groups is 1. The van der Waals surface area contributed by atoms with Gasteiger partial charge in [0, 0.05) is 17.0 Å². The van der Waals surface area contributed by atoms with E-state index in [1.54, 1.807) is 18.3 Å². The number of amides is 3. The number of rotatable bonds is 3. The number of imidazole rings is 1. The first-order chi connectivity index (χ1) is 13.5. The summed E-state index contributed by atoms with van der Waals surface area (Å²) >= 11 is 0. The van der Waals surface area contributed by atoms with Gasteiger partial charge in [0.15, 0.2) is 11.4 Å². The molecular formula is C19H14FN5O3. The molecule has 3 amide bonds. The van der Waals surface area contributed by atoms with Crippen LogP contribution in [0.4, 0.5) is 9.18 Å². The highest BCUT2D eigenvalue weighted by Crippen LogP contribution is 2.33. The Labute approximate surface area is 157 Å². The molecule has 1 unspecified atom stereocenters. The Bertz CT molecular complexity index is 1240. The Balaban J connectivity index is 1.67. The fraction of sp³-hybridized carbons (Fsp3) is 0.105. The van der Waals surface area contributed by atoms with Gasteiger partial charge in [0.1, 0.15) is 11.6 Å². The lowest BCUT2D eigenvalue weighted by atomic mass is 9.99. The summed E-state index contributed by atoms with van der Waals surface area (Å²) in [5.41, 5.74) is -0.217. The summed E-state index contributed by atoms with van der Waals surface area (Å²) in [6.07, 6.45) is 1.59. The minimum atomic E-state index is -1.55. The van der Waals surface area contributed by atoms with Crippen LogP contribution in [0.2, 0.25) is 0 Å². The second-order valence-electron chi connectivity index (χ2n) is 6.73. The van der Waals surface area contributed by atoms with Gasteiger partial charge in [-0.25, -0.2) is 14.2 Å². The Kier molecular flexibility index (Phi) is 3.24. The molecule has 4 aromatic rings. The summed E-state index contributed by atoms with van der Waals surface area (Å²) in [5.74, 6) is -1.06. The first-order valence-corrected chi connectivity index (χ1v) is 8.52. The second kappa shape index (κ2) is 5.56. The summed E-state index contributed by atoms with van der Waals surface area (Å²) in [5, 5.41) is 16.3. The SMILES string of the molecule is O=C1NC(=O)C(Cn2cc3ccc(F)cc3c2O)(c2nc3ccccc3[nH]2)N1. The third-order valence-corrected chi connectivity index (χ3v) is 4.97. The Morgan fingerprint density at radius 3 is 2.75 bits per heavy atom. The van der Waals surface area contributed by atoms with E-state index in [9.17, 15) is 19.1 Å². The largest absolute Gasteiger partial charge is 0.494 e. The number of benzene rings is 2. The standard InChI is InChI=1S/C19H14FN5O3/c20-11-6-5-10-8-25(15(26)12(10)7-11)9-19(17(27)23-18(28)24-19)16-21-13-3-1-2-4-14(13)22-16/h1-8,26H,9H2,(H,21,22)(H2,23,24,27,28). The lowest BCUT2D eigenvalue weighted by Gasteiger charge is -2.24. The van der Waals surface area contributed by atoms with E-state index in [1.807, 2.05) is 12.1 Å². The van der Waals surface area contributed by atoms with Gasteiger partial charge in [-0.05, 0) is 30.3 Å². The summed E-state index contributed by atoms with van der Waals surface area (Å²) in [4.78, 5) is 32.2. The first kappa shape index (κ1) is 16.3. The molecule has 3 heterocycles.